The first-order chi connectivity index (χ1) is 9.56. The van der Waals surface area contributed by atoms with E-state index in [0.29, 0.717) is 5.75 Å². The van der Waals surface area contributed by atoms with Crippen LogP contribution in [0.2, 0.25) is 0 Å². The maximum atomic E-state index is 11.9. The number of aryl methyl sites for hydroxylation is 2. The van der Waals surface area contributed by atoms with Crippen LogP contribution in [-0.4, -0.2) is 12.5 Å². The van der Waals surface area contributed by atoms with Gasteiger partial charge in [-0.2, -0.15) is 0 Å². The fraction of sp³-hybridized carbons (Fsp3) is 0.188. The number of benzene rings is 2. The molecule has 0 heterocycles. The van der Waals surface area contributed by atoms with Crippen molar-refractivity contribution in [3.05, 3.63) is 57.2 Å². The van der Waals surface area contributed by atoms with Crippen molar-refractivity contribution in [2.45, 2.75) is 13.8 Å². The van der Waals surface area contributed by atoms with Crippen LogP contribution in [-0.2, 0) is 4.79 Å². The zero-order chi connectivity index (χ0) is 14.5. The summed E-state index contributed by atoms with van der Waals surface area (Å²) in [5.41, 5.74) is 2.96. The van der Waals surface area contributed by atoms with Crippen LogP contribution in [0.1, 0.15) is 11.1 Å². The summed E-state index contributed by atoms with van der Waals surface area (Å²) in [6, 6.07) is 13.5. The molecule has 0 unspecified atom stereocenters. The molecular weight excluding hydrogens is 365 g/mol. The Morgan fingerprint density at radius 3 is 2.45 bits per heavy atom. The Hall–Kier alpha value is -1.56. The number of hydrogen-bond acceptors (Lipinski definition) is 2. The van der Waals surface area contributed by atoms with Crippen molar-refractivity contribution in [2.75, 3.05) is 11.9 Å². The lowest BCUT2D eigenvalue weighted by Crippen LogP contribution is -2.21. The normalized spacial score (nSPS) is 10.2. The SMILES string of the molecule is Cc1cccc(C)c1NC(=O)COc1cccc(I)c1. The lowest BCUT2D eigenvalue weighted by Gasteiger charge is -2.12. The molecule has 0 bridgehead atoms. The third-order valence-electron chi connectivity index (χ3n) is 2.91. The first-order valence-electron chi connectivity index (χ1n) is 6.30. The number of anilines is 1. The highest BCUT2D eigenvalue weighted by Crippen LogP contribution is 2.19. The van der Waals surface area contributed by atoms with E-state index in [2.05, 4.69) is 27.9 Å². The Morgan fingerprint density at radius 1 is 1.15 bits per heavy atom. The summed E-state index contributed by atoms with van der Waals surface area (Å²) < 4.78 is 6.56. The van der Waals surface area contributed by atoms with Gasteiger partial charge in [0.25, 0.3) is 5.91 Å². The zero-order valence-corrected chi connectivity index (χ0v) is 13.6. The van der Waals surface area contributed by atoms with E-state index in [1.165, 1.54) is 0 Å². The van der Waals surface area contributed by atoms with E-state index in [1.54, 1.807) is 0 Å². The number of amides is 1. The first kappa shape index (κ1) is 14.8. The molecule has 2 aromatic rings. The highest BCUT2D eigenvalue weighted by atomic mass is 127. The van der Waals surface area contributed by atoms with Crippen LogP contribution in [0, 0.1) is 17.4 Å². The van der Waals surface area contributed by atoms with Crippen LogP contribution in [0.4, 0.5) is 5.69 Å². The summed E-state index contributed by atoms with van der Waals surface area (Å²) in [5, 5.41) is 2.90. The number of para-hydroxylation sites is 1. The molecule has 1 amide bonds. The molecule has 2 rings (SSSR count). The summed E-state index contributed by atoms with van der Waals surface area (Å²) in [5.74, 6) is 0.551. The zero-order valence-electron chi connectivity index (χ0n) is 11.4. The van der Waals surface area contributed by atoms with E-state index in [4.69, 9.17) is 4.74 Å². The van der Waals surface area contributed by atoms with Gasteiger partial charge in [0.1, 0.15) is 5.75 Å². The average molecular weight is 381 g/mol. The fourth-order valence-electron chi connectivity index (χ4n) is 1.89. The largest absolute Gasteiger partial charge is 0.484 e. The van der Waals surface area contributed by atoms with Gasteiger partial charge in [-0.15, -0.1) is 0 Å². The standard InChI is InChI=1S/C16H16INO2/c1-11-5-3-6-12(2)16(11)18-15(19)10-20-14-8-4-7-13(17)9-14/h3-9H,10H2,1-2H3,(H,18,19). The minimum absolute atomic E-state index is 0.00781. The molecule has 0 atom stereocenters. The molecule has 104 valence electrons. The monoisotopic (exact) mass is 381 g/mol. The Bertz CT molecular complexity index is 605. The summed E-state index contributed by atoms with van der Waals surface area (Å²) in [4.78, 5) is 11.9. The Labute approximate surface area is 132 Å². The molecule has 1 N–H and O–H groups in total. The molecule has 4 heteroatoms. The molecule has 0 spiro atoms. The molecule has 0 saturated carbocycles. The molecule has 0 aliphatic rings. The predicted molar refractivity (Wildman–Crippen MR) is 89.2 cm³/mol. The summed E-state index contributed by atoms with van der Waals surface area (Å²) in [6.07, 6.45) is 0. The van der Waals surface area contributed by atoms with Crippen molar-refractivity contribution in [3.63, 3.8) is 0 Å². The quantitative estimate of drug-likeness (QED) is 0.816. The fourth-order valence-corrected chi connectivity index (χ4v) is 2.41. The van der Waals surface area contributed by atoms with Crippen molar-refractivity contribution in [1.82, 2.24) is 0 Å². The van der Waals surface area contributed by atoms with Crippen molar-refractivity contribution < 1.29 is 9.53 Å². The maximum Gasteiger partial charge on any atom is 0.262 e. The molecule has 0 fully saturated rings. The van der Waals surface area contributed by atoms with Crippen LogP contribution >= 0.6 is 22.6 Å². The summed E-state index contributed by atoms with van der Waals surface area (Å²) >= 11 is 2.21. The van der Waals surface area contributed by atoms with Gasteiger partial charge in [-0.25, -0.2) is 0 Å². The Morgan fingerprint density at radius 2 is 1.80 bits per heavy atom. The summed E-state index contributed by atoms with van der Waals surface area (Å²) in [7, 11) is 0. The molecule has 0 saturated heterocycles. The number of ether oxygens (including phenoxy) is 1. The van der Waals surface area contributed by atoms with Crippen molar-refractivity contribution in [3.8, 4) is 5.75 Å². The van der Waals surface area contributed by atoms with Crippen LogP contribution in [0.15, 0.2) is 42.5 Å². The van der Waals surface area contributed by atoms with Crippen LogP contribution in [0.3, 0.4) is 0 Å². The number of carbonyl (C=O) groups is 1. The van der Waals surface area contributed by atoms with E-state index < -0.39 is 0 Å². The Kier molecular flexibility index (Phi) is 5.00. The molecule has 20 heavy (non-hydrogen) atoms. The van der Waals surface area contributed by atoms with Gasteiger partial charge in [0.05, 0.1) is 0 Å². The molecule has 0 aliphatic heterocycles. The second kappa shape index (κ2) is 6.74. The van der Waals surface area contributed by atoms with Crippen LogP contribution in [0.5, 0.6) is 5.75 Å². The molecule has 3 nitrogen and oxygen atoms in total. The van der Waals surface area contributed by atoms with Gasteiger partial charge in [-0.1, -0.05) is 24.3 Å². The van der Waals surface area contributed by atoms with Gasteiger partial charge in [-0.3, -0.25) is 4.79 Å². The van der Waals surface area contributed by atoms with Crippen molar-refractivity contribution >= 4 is 34.2 Å². The predicted octanol–water partition coefficient (Wildman–Crippen LogP) is 3.93. The smallest absolute Gasteiger partial charge is 0.262 e. The van der Waals surface area contributed by atoms with Gasteiger partial charge >= 0.3 is 0 Å². The lowest BCUT2D eigenvalue weighted by molar-refractivity contribution is -0.118. The first-order valence-corrected chi connectivity index (χ1v) is 7.38. The second-order valence-electron chi connectivity index (χ2n) is 4.56. The van der Waals surface area contributed by atoms with Crippen molar-refractivity contribution in [1.29, 1.82) is 0 Å². The van der Waals surface area contributed by atoms with Crippen molar-refractivity contribution in [2.24, 2.45) is 0 Å². The highest BCUT2D eigenvalue weighted by molar-refractivity contribution is 14.1. The van der Waals surface area contributed by atoms with E-state index in [9.17, 15) is 4.79 Å². The number of hydrogen-bond donors (Lipinski definition) is 1. The van der Waals surface area contributed by atoms with Gasteiger partial charge in [0.2, 0.25) is 0 Å². The number of halogens is 1. The highest BCUT2D eigenvalue weighted by Gasteiger charge is 2.08. The van der Waals surface area contributed by atoms with Gasteiger partial charge in [-0.05, 0) is 65.8 Å². The maximum absolute atomic E-state index is 11.9. The third-order valence-corrected chi connectivity index (χ3v) is 3.58. The van der Waals surface area contributed by atoms with E-state index in [0.717, 1.165) is 20.4 Å². The van der Waals surface area contributed by atoms with E-state index in [1.807, 2.05) is 56.3 Å². The Balaban J connectivity index is 1.96. The topological polar surface area (TPSA) is 38.3 Å². The minimum Gasteiger partial charge on any atom is -0.484 e. The van der Waals surface area contributed by atoms with Crippen LogP contribution in [0.25, 0.3) is 0 Å². The second-order valence-corrected chi connectivity index (χ2v) is 5.81. The summed E-state index contributed by atoms with van der Waals surface area (Å²) in [6.45, 7) is 3.96. The van der Waals surface area contributed by atoms with E-state index in [-0.39, 0.29) is 12.5 Å². The van der Waals surface area contributed by atoms with Gasteiger partial charge in [0, 0.05) is 9.26 Å². The molecular formula is C16H16INO2. The van der Waals surface area contributed by atoms with Gasteiger partial charge < -0.3 is 10.1 Å². The average Bonchev–Trinajstić information content (AvgIpc) is 2.41. The van der Waals surface area contributed by atoms with Gasteiger partial charge in [0.15, 0.2) is 6.61 Å². The van der Waals surface area contributed by atoms with Crippen LogP contribution < -0.4 is 10.1 Å². The molecule has 0 radical (unpaired) electrons. The van der Waals surface area contributed by atoms with E-state index >= 15 is 0 Å². The third kappa shape index (κ3) is 3.96. The number of rotatable bonds is 4. The number of carbonyl (C=O) groups excluding carboxylic acids is 1. The minimum atomic E-state index is -0.152. The molecule has 0 aliphatic carbocycles. The molecule has 0 aromatic heterocycles. The molecule has 2 aromatic carbocycles. The lowest BCUT2D eigenvalue weighted by atomic mass is 10.1. The number of nitrogens with one attached hydrogen (secondary N) is 1.